The second kappa shape index (κ2) is 5.44. The molecule has 0 aromatic carbocycles. The predicted molar refractivity (Wildman–Crippen MR) is 107 cm³/mol. The smallest absolute Gasteiger partial charge is 0.253 e. The third-order valence-electron chi connectivity index (χ3n) is 6.57. The quantitative estimate of drug-likeness (QED) is 0.612. The molecule has 0 atom stereocenters. The first-order chi connectivity index (χ1) is 13.6. The van der Waals surface area contributed by atoms with E-state index >= 15 is 0 Å². The van der Waals surface area contributed by atoms with Gasteiger partial charge in [0.25, 0.3) is 5.91 Å². The third kappa shape index (κ3) is 2.17. The third-order valence-corrected chi connectivity index (χ3v) is 6.57. The fraction of sp³-hybridized carbons (Fsp3) is 0.318. The molecule has 1 aliphatic heterocycles. The van der Waals surface area contributed by atoms with Crippen LogP contribution in [0.3, 0.4) is 0 Å². The molecule has 6 rings (SSSR count). The van der Waals surface area contributed by atoms with E-state index < -0.39 is 0 Å². The van der Waals surface area contributed by atoms with E-state index in [1.54, 1.807) is 12.4 Å². The molecule has 1 saturated carbocycles. The van der Waals surface area contributed by atoms with E-state index in [2.05, 4.69) is 26.3 Å². The molecule has 0 bridgehead atoms. The molecular formula is C22H21N5O. The number of hydrogen-bond acceptors (Lipinski definition) is 4. The molecule has 0 unspecified atom stereocenters. The van der Waals surface area contributed by atoms with Crippen molar-refractivity contribution in [3.8, 4) is 22.5 Å². The van der Waals surface area contributed by atoms with Crippen LogP contribution in [0.25, 0.3) is 22.5 Å². The average Bonchev–Trinajstić information content (AvgIpc) is 3.05. The van der Waals surface area contributed by atoms with Gasteiger partial charge in [-0.05, 0) is 55.4 Å². The van der Waals surface area contributed by atoms with Crippen molar-refractivity contribution in [3.05, 3.63) is 53.1 Å². The normalized spacial score (nSPS) is 18.6. The summed E-state index contributed by atoms with van der Waals surface area (Å²) in [5, 5.41) is 3.30. The maximum Gasteiger partial charge on any atom is 0.253 e. The lowest BCUT2D eigenvalue weighted by Crippen LogP contribution is -2.57. The number of anilines is 1. The number of nitrogens with one attached hydrogen (secondary N) is 2. The topological polar surface area (TPSA) is 96.7 Å². The van der Waals surface area contributed by atoms with E-state index in [0.717, 1.165) is 71.4 Å². The Morgan fingerprint density at radius 3 is 2.79 bits per heavy atom. The van der Waals surface area contributed by atoms with Crippen LogP contribution in [0.5, 0.6) is 0 Å². The number of carbonyl (C=O) groups excluding carboxylic acids is 1. The monoisotopic (exact) mass is 371 g/mol. The summed E-state index contributed by atoms with van der Waals surface area (Å²) in [6, 6.07) is 3.99. The van der Waals surface area contributed by atoms with E-state index in [9.17, 15) is 4.79 Å². The minimum Gasteiger partial charge on any atom is -0.397 e. The Hall–Kier alpha value is -3.15. The SMILES string of the molecule is Nc1cncc(-c2cc3c(cn2)CCc2c-3[nH]c3c2C(=O)NC2(CCC2)C3)c1. The Bertz CT molecular complexity index is 1140. The van der Waals surface area contributed by atoms with Gasteiger partial charge in [-0.1, -0.05) is 0 Å². The molecule has 3 aliphatic rings. The zero-order chi connectivity index (χ0) is 18.9. The summed E-state index contributed by atoms with van der Waals surface area (Å²) in [6.45, 7) is 0. The number of H-pyrrole nitrogens is 1. The average molecular weight is 371 g/mol. The number of nitrogen functional groups attached to an aromatic ring is 1. The Labute approximate surface area is 162 Å². The van der Waals surface area contributed by atoms with Crippen LogP contribution in [0, 0.1) is 0 Å². The number of nitrogens with zero attached hydrogens (tertiary/aromatic N) is 2. The number of fused-ring (bicyclic) bond motifs is 5. The molecule has 1 amide bonds. The Kier molecular flexibility index (Phi) is 3.08. The highest BCUT2D eigenvalue weighted by atomic mass is 16.2. The summed E-state index contributed by atoms with van der Waals surface area (Å²) in [6.07, 6.45) is 11.4. The van der Waals surface area contributed by atoms with Gasteiger partial charge in [-0.2, -0.15) is 0 Å². The van der Waals surface area contributed by atoms with Crippen LogP contribution in [-0.2, 0) is 19.3 Å². The number of aromatic amines is 1. The summed E-state index contributed by atoms with van der Waals surface area (Å²) >= 11 is 0. The molecule has 6 heteroatoms. The summed E-state index contributed by atoms with van der Waals surface area (Å²) in [7, 11) is 0. The largest absolute Gasteiger partial charge is 0.397 e. The fourth-order valence-corrected chi connectivity index (χ4v) is 5.00. The van der Waals surface area contributed by atoms with Gasteiger partial charge in [-0.3, -0.25) is 14.8 Å². The van der Waals surface area contributed by atoms with E-state index in [-0.39, 0.29) is 11.4 Å². The number of carbonyl (C=O) groups is 1. The van der Waals surface area contributed by atoms with Gasteiger partial charge < -0.3 is 16.0 Å². The molecule has 1 fully saturated rings. The molecular weight excluding hydrogens is 350 g/mol. The van der Waals surface area contributed by atoms with Crippen molar-refractivity contribution in [2.45, 2.75) is 44.1 Å². The summed E-state index contributed by atoms with van der Waals surface area (Å²) in [5.74, 6) is 0.0937. The highest BCUT2D eigenvalue weighted by Crippen LogP contribution is 2.43. The highest BCUT2D eigenvalue weighted by Gasteiger charge is 2.45. The van der Waals surface area contributed by atoms with Gasteiger partial charge >= 0.3 is 0 Å². The Morgan fingerprint density at radius 1 is 1.11 bits per heavy atom. The molecule has 140 valence electrons. The Morgan fingerprint density at radius 2 is 2.00 bits per heavy atom. The second-order valence-electron chi connectivity index (χ2n) is 8.33. The van der Waals surface area contributed by atoms with Crippen LogP contribution < -0.4 is 11.1 Å². The molecule has 4 N–H and O–H groups in total. The van der Waals surface area contributed by atoms with E-state index in [0.29, 0.717) is 5.69 Å². The van der Waals surface area contributed by atoms with Crippen LogP contribution >= 0.6 is 0 Å². The number of aryl methyl sites for hydroxylation is 1. The molecule has 2 aliphatic carbocycles. The standard InChI is InChI=1S/C22H21N5O/c23-14-6-13(9-24-11-14)17-7-16-12(10-25-17)2-3-15-19-18(26-20(15)16)8-22(4-1-5-22)27-21(19)28/h6-7,9-11,26H,1-5,8,23H2,(H,27,28). The summed E-state index contributed by atoms with van der Waals surface area (Å²) in [4.78, 5) is 25.3. The number of pyridine rings is 2. The van der Waals surface area contributed by atoms with Gasteiger partial charge in [0.15, 0.2) is 0 Å². The van der Waals surface area contributed by atoms with Crippen molar-refractivity contribution >= 4 is 11.6 Å². The molecule has 6 nitrogen and oxygen atoms in total. The number of aromatic nitrogens is 3. The fourth-order valence-electron chi connectivity index (χ4n) is 5.00. The van der Waals surface area contributed by atoms with Gasteiger partial charge in [0, 0.05) is 47.4 Å². The van der Waals surface area contributed by atoms with Crippen molar-refractivity contribution in [2.24, 2.45) is 0 Å². The lowest BCUT2D eigenvalue weighted by molar-refractivity contribution is 0.0793. The zero-order valence-electron chi connectivity index (χ0n) is 15.5. The molecule has 3 aromatic heterocycles. The van der Waals surface area contributed by atoms with Gasteiger partial charge in [0.1, 0.15) is 0 Å². The lowest BCUT2D eigenvalue weighted by atomic mass is 9.71. The minimum absolute atomic E-state index is 0.0169. The molecule has 4 heterocycles. The number of rotatable bonds is 1. The first-order valence-electron chi connectivity index (χ1n) is 9.88. The summed E-state index contributed by atoms with van der Waals surface area (Å²) < 4.78 is 0. The van der Waals surface area contributed by atoms with Crippen LogP contribution in [0.15, 0.2) is 30.7 Å². The predicted octanol–water partition coefficient (Wildman–Crippen LogP) is 3.03. The van der Waals surface area contributed by atoms with Crippen LogP contribution in [-0.4, -0.2) is 26.4 Å². The highest BCUT2D eigenvalue weighted by molar-refractivity contribution is 6.01. The van der Waals surface area contributed by atoms with E-state index in [1.165, 1.54) is 12.0 Å². The van der Waals surface area contributed by atoms with Crippen LogP contribution in [0.2, 0.25) is 0 Å². The van der Waals surface area contributed by atoms with Crippen LogP contribution in [0.4, 0.5) is 5.69 Å². The van der Waals surface area contributed by atoms with Crippen molar-refractivity contribution < 1.29 is 4.79 Å². The van der Waals surface area contributed by atoms with Gasteiger partial charge in [0.2, 0.25) is 0 Å². The first-order valence-corrected chi connectivity index (χ1v) is 9.88. The summed E-state index contributed by atoms with van der Waals surface area (Å²) in [5.41, 5.74) is 14.8. The molecule has 28 heavy (non-hydrogen) atoms. The second-order valence-corrected chi connectivity index (χ2v) is 8.33. The number of amides is 1. The molecule has 3 aromatic rings. The maximum atomic E-state index is 12.9. The zero-order valence-corrected chi connectivity index (χ0v) is 15.5. The van der Waals surface area contributed by atoms with Crippen molar-refractivity contribution in [1.29, 1.82) is 0 Å². The van der Waals surface area contributed by atoms with Gasteiger partial charge in [-0.15, -0.1) is 0 Å². The van der Waals surface area contributed by atoms with Gasteiger partial charge in [0.05, 0.1) is 22.6 Å². The van der Waals surface area contributed by atoms with Crippen molar-refractivity contribution in [2.75, 3.05) is 5.73 Å². The minimum atomic E-state index is -0.0169. The molecule has 1 spiro atoms. The first kappa shape index (κ1) is 15.9. The number of nitrogens with two attached hydrogens (primary N) is 1. The van der Waals surface area contributed by atoms with Crippen molar-refractivity contribution in [3.63, 3.8) is 0 Å². The lowest BCUT2D eigenvalue weighted by Gasteiger charge is -2.45. The number of hydrogen-bond donors (Lipinski definition) is 3. The maximum absolute atomic E-state index is 12.9. The van der Waals surface area contributed by atoms with Crippen molar-refractivity contribution in [1.82, 2.24) is 20.3 Å². The molecule has 0 radical (unpaired) electrons. The van der Waals surface area contributed by atoms with Gasteiger partial charge in [-0.25, -0.2) is 0 Å². The van der Waals surface area contributed by atoms with E-state index in [1.807, 2.05) is 12.3 Å². The van der Waals surface area contributed by atoms with E-state index in [4.69, 9.17) is 5.73 Å². The van der Waals surface area contributed by atoms with Crippen LogP contribution in [0.1, 0.15) is 46.4 Å². The molecule has 0 saturated heterocycles. The Balaban J connectivity index is 1.48.